The number of hydrogen-bond acceptors (Lipinski definition) is 0. The molecule has 0 bridgehead atoms. The van der Waals surface area contributed by atoms with Gasteiger partial charge in [0.1, 0.15) is 0 Å². The standard InChI is InChI=1S/C8H4F6/c1-2-4(9)6(11)3(8(13)14)7(12)5(2)10/h8H,1H3. The molecule has 0 saturated heterocycles. The second-order valence-electron chi connectivity index (χ2n) is 2.60. The Kier molecular flexibility index (Phi) is 2.73. The summed E-state index contributed by atoms with van der Waals surface area (Å²) in [7, 11) is 0. The lowest BCUT2D eigenvalue weighted by molar-refractivity contribution is 0.137. The summed E-state index contributed by atoms with van der Waals surface area (Å²) in [6, 6.07) is 0. The van der Waals surface area contributed by atoms with Crippen LogP contribution in [0.4, 0.5) is 26.3 Å². The van der Waals surface area contributed by atoms with E-state index in [1.165, 1.54) is 0 Å². The third-order valence-corrected chi connectivity index (χ3v) is 1.74. The van der Waals surface area contributed by atoms with Crippen LogP contribution in [0.2, 0.25) is 0 Å². The van der Waals surface area contributed by atoms with Crippen LogP contribution in [0.5, 0.6) is 0 Å². The van der Waals surface area contributed by atoms with Gasteiger partial charge in [-0.2, -0.15) is 0 Å². The topological polar surface area (TPSA) is 0 Å². The lowest BCUT2D eigenvalue weighted by Crippen LogP contribution is -2.06. The van der Waals surface area contributed by atoms with Crippen molar-refractivity contribution in [1.82, 2.24) is 0 Å². The van der Waals surface area contributed by atoms with Crippen LogP contribution in [-0.2, 0) is 0 Å². The van der Waals surface area contributed by atoms with Gasteiger partial charge in [-0.15, -0.1) is 0 Å². The highest BCUT2D eigenvalue weighted by Gasteiger charge is 2.28. The molecule has 14 heavy (non-hydrogen) atoms. The molecule has 0 unspecified atom stereocenters. The summed E-state index contributed by atoms with van der Waals surface area (Å²) in [6.07, 6.45) is -3.60. The molecule has 0 nitrogen and oxygen atoms in total. The van der Waals surface area contributed by atoms with Crippen LogP contribution < -0.4 is 0 Å². The lowest BCUT2D eigenvalue weighted by atomic mass is 10.1. The third-order valence-electron chi connectivity index (χ3n) is 1.74. The van der Waals surface area contributed by atoms with Gasteiger partial charge in [0.25, 0.3) is 6.43 Å². The summed E-state index contributed by atoms with van der Waals surface area (Å²) in [5, 5.41) is 0. The summed E-state index contributed by atoms with van der Waals surface area (Å²) < 4.78 is 74.7. The Balaban J connectivity index is 3.60. The Bertz CT molecular complexity index is 342. The van der Waals surface area contributed by atoms with E-state index in [0.29, 0.717) is 0 Å². The van der Waals surface area contributed by atoms with Gasteiger partial charge >= 0.3 is 0 Å². The summed E-state index contributed by atoms with van der Waals surface area (Å²) >= 11 is 0. The predicted octanol–water partition coefficient (Wildman–Crippen LogP) is 3.49. The van der Waals surface area contributed by atoms with Gasteiger partial charge in [0.15, 0.2) is 23.3 Å². The lowest BCUT2D eigenvalue weighted by Gasteiger charge is -2.08. The summed E-state index contributed by atoms with van der Waals surface area (Å²) in [5.41, 5.74) is -2.82. The van der Waals surface area contributed by atoms with Crippen LogP contribution in [0.1, 0.15) is 17.6 Å². The highest BCUT2D eigenvalue weighted by molar-refractivity contribution is 5.29. The number of benzene rings is 1. The van der Waals surface area contributed by atoms with E-state index in [1.54, 1.807) is 0 Å². The smallest absolute Gasteiger partial charge is 0.205 e. The Morgan fingerprint density at radius 2 is 1.14 bits per heavy atom. The monoisotopic (exact) mass is 214 g/mol. The minimum atomic E-state index is -3.60. The minimum Gasteiger partial charge on any atom is -0.205 e. The highest BCUT2D eigenvalue weighted by Crippen LogP contribution is 2.30. The molecule has 0 aliphatic carbocycles. The van der Waals surface area contributed by atoms with E-state index in [4.69, 9.17) is 0 Å². The zero-order valence-electron chi connectivity index (χ0n) is 6.85. The predicted molar refractivity (Wildman–Crippen MR) is 36.0 cm³/mol. The van der Waals surface area contributed by atoms with E-state index in [1.807, 2.05) is 0 Å². The van der Waals surface area contributed by atoms with Crippen LogP contribution in [-0.4, -0.2) is 0 Å². The van der Waals surface area contributed by atoms with E-state index >= 15 is 0 Å². The SMILES string of the molecule is Cc1c(F)c(F)c(C(F)F)c(F)c1F. The van der Waals surface area contributed by atoms with Crippen LogP contribution in [0.3, 0.4) is 0 Å². The van der Waals surface area contributed by atoms with Crippen molar-refractivity contribution in [3.05, 3.63) is 34.4 Å². The molecule has 1 aromatic carbocycles. The van der Waals surface area contributed by atoms with Crippen molar-refractivity contribution in [3.63, 3.8) is 0 Å². The molecule has 0 aromatic heterocycles. The van der Waals surface area contributed by atoms with Crippen molar-refractivity contribution in [3.8, 4) is 0 Å². The Hall–Kier alpha value is -1.20. The van der Waals surface area contributed by atoms with E-state index in [2.05, 4.69) is 0 Å². The molecule has 0 N–H and O–H groups in total. The van der Waals surface area contributed by atoms with Crippen LogP contribution in [0.25, 0.3) is 0 Å². The van der Waals surface area contributed by atoms with Gasteiger partial charge in [0.2, 0.25) is 0 Å². The number of rotatable bonds is 1. The maximum atomic E-state index is 12.7. The fourth-order valence-electron chi connectivity index (χ4n) is 0.950. The molecule has 0 saturated carbocycles. The molecule has 0 heterocycles. The van der Waals surface area contributed by atoms with Crippen LogP contribution in [0.15, 0.2) is 0 Å². The van der Waals surface area contributed by atoms with E-state index in [-0.39, 0.29) is 0 Å². The quantitative estimate of drug-likeness (QED) is 0.495. The third kappa shape index (κ3) is 1.44. The van der Waals surface area contributed by atoms with E-state index in [9.17, 15) is 26.3 Å². The molecule has 0 fully saturated rings. The molecule has 0 amide bonds. The minimum absolute atomic E-state index is 0.756. The molecule has 0 aliphatic heterocycles. The zero-order chi connectivity index (χ0) is 11.0. The largest absolute Gasteiger partial charge is 0.269 e. The van der Waals surface area contributed by atoms with Gasteiger partial charge in [-0.25, -0.2) is 26.3 Å². The molecule has 6 heteroatoms. The van der Waals surface area contributed by atoms with Crippen molar-refractivity contribution in [2.45, 2.75) is 13.3 Å². The Labute approximate surface area is 75.2 Å². The molecular formula is C8H4F6. The maximum absolute atomic E-state index is 12.7. The molecule has 78 valence electrons. The molecular weight excluding hydrogens is 210 g/mol. The first-order valence-corrected chi connectivity index (χ1v) is 3.48. The second kappa shape index (κ2) is 3.51. The van der Waals surface area contributed by atoms with Gasteiger partial charge in [-0.1, -0.05) is 0 Å². The molecule has 1 rings (SSSR count). The normalized spacial score (nSPS) is 11.1. The first-order valence-electron chi connectivity index (χ1n) is 3.48. The average Bonchev–Trinajstić information content (AvgIpc) is 2.11. The first kappa shape index (κ1) is 10.9. The van der Waals surface area contributed by atoms with Gasteiger partial charge in [0, 0.05) is 5.56 Å². The van der Waals surface area contributed by atoms with Crippen molar-refractivity contribution in [2.24, 2.45) is 0 Å². The zero-order valence-corrected chi connectivity index (χ0v) is 6.85. The van der Waals surface area contributed by atoms with E-state index < -0.39 is 40.8 Å². The molecule has 0 spiro atoms. The van der Waals surface area contributed by atoms with Crippen molar-refractivity contribution in [1.29, 1.82) is 0 Å². The fraction of sp³-hybridized carbons (Fsp3) is 0.250. The average molecular weight is 214 g/mol. The molecule has 1 aromatic rings. The Morgan fingerprint density at radius 1 is 0.786 bits per heavy atom. The van der Waals surface area contributed by atoms with E-state index in [0.717, 1.165) is 6.92 Å². The van der Waals surface area contributed by atoms with Crippen molar-refractivity contribution >= 4 is 0 Å². The molecule has 0 atom stereocenters. The van der Waals surface area contributed by atoms with Gasteiger partial charge in [-0.3, -0.25) is 0 Å². The summed E-state index contributed by atoms with van der Waals surface area (Å²) in [4.78, 5) is 0. The second-order valence-corrected chi connectivity index (χ2v) is 2.60. The number of halogens is 6. The van der Waals surface area contributed by atoms with Gasteiger partial charge in [0.05, 0.1) is 5.56 Å². The summed E-state index contributed by atoms with van der Waals surface area (Å²) in [5.74, 6) is -7.67. The number of hydrogen-bond donors (Lipinski definition) is 0. The van der Waals surface area contributed by atoms with Crippen molar-refractivity contribution < 1.29 is 26.3 Å². The fourth-order valence-corrected chi connectivity index (χ4v) is 0.950. The highest BCUT2D eigenvalue weighted by atomic mass is 19.3. The molecule has 0 radical (unpaired) electrons. The van der Waals surface area contributed by atoms with Gasteiger partial charge in [-0.05, 0) is 6.92 Å². The van der Waals surface area contributed by atoms with Gasteiger partial charge < -0.3 is 0 Å². The van der Waals surface area contributed by atoms with Crippen molar-refractivity contribution in [2.75, 3.05) is 0 Å². The first-order chi connectivity index (χ1) is 6.37. The maximum Gasteiger partial charge on any atom is 0.269 e. The molecule has 0 aliphatic rings. The van der Waals surface area contributed by atoms with Crippen LogP contribution >= 0.6 is 0 Å². The summed E-state index contributed by atoms with van der Waals surface area (Å²) in [6.45, 7) is 0.756. The Morgan fingerprint density at radius 3 is 1.43 bits per heavy atom. The van der Waals surface area contributed by atoms with Crippen LogP contribution in [0, 0.1) is 30.2 Å². The number of alkyl halides is 2.